The third-order valence-corrected chi connectivity index (χ3v) is 4.11. The number of benzene rings is 2. The third kappa shape index (κ3) is 4.93. The van der Waals surface area contributed by atoms with Gasteiger partial charge in [-0.2, -0.15) is 5.10 Å². The molecule has 0 saturated heterocycles. The van der Waals surface area contributed by atoms with Gasteiger partial charge in [-0.25, -0.2) is 0 Å². The van der Waals surface area contributed by atoms with Crippen LogP contribution in [0.15, 0.2) is 72.9 Å². The van der Waals surface area contributed by atoms with Gasteiger partial charge < -0.3 is 5.32 Å². The summed E-state index contributed by atoms with van der Waals surface area (Å²) in [7, 11) is 0. The van der Waals surface area contributed by atoms with Gasteiger partial charge in [-0.15, -0.1) is 0 Å². The van der Waals surface area contributed by atoms with Crippen LogP contribution in [0.5, 0.6) is 0 Å². The van der Waals surface area contributed by atoms with Crippen LogP contribution in [-0.4, -0.2) is 15.7 Å². The highest BCUT2D eigenvalue weighted by Crippen LogP contribution is 2.15. The fraction of sp³-hybridized carbons (Fsp3) is 0.182. The molecule has 26 heavy (non-hydrogen) atoms. The lowest BCUT2D eigenvalue weighted by Gasteiger charge is -2.04. The number of carbonyl (C=O) groups is 1. The Kier molecular flexibility index (Phi) is 5.64. The Labute approximate surface area is 154 Å². The van der Waals surface area contributed by atoms with E-state index in [2.05, 4.69) is 36.4 Å². The normalized spacial score (nSPS) is 11.2. The minimum atomic E-state index is -0.192. The number of anilines is 1. The maximum absolute atomic E-state index is 12.1. The molecule has 2 aromatic carbocycles. The monoisotopic (exact) mass is 345 g/mol. The van der Waals surface area contributed by atoms with Crippen molar-refractivity contribution >= 4 is 17.8 Å². The number of nitrogens with zero attached hydrogens (tertiary/aromatic N) is 2. The molecule has 1 N–H and O–H groups in total. The first-order valence-electron chi connectivity index (χ1n) is 8.76. The van der Waals surface area contributed by atoms with Crippen LogP contribution in [0.4, 0.5) is 5.82 Å². The minimum Gasteiger partial charge on any atom is -0.306 e. The van der Waals surface area contributed by atoms with E-state index in [9.17, 15) is 4.79 Å². The topological polar surface area (TPSA) is 46.9 Å². The molecule has 0 aliphatic carbocycles. The molecule has 0 radical (unpaired) electrons. The average molecular weight is 345 g/mol. The summed E-state index contributed by atoms with van der Waals surface area (Å²) in [6, 6.07) is 20.1. The van der Waals surface area contributed by atoms with Crippen molar-refractivity contribution in [3.63, 3.8) is 0 Å². The number of hydrogen-bond donors (Lipinski definition) is 1. The van der Waals surface area contributed by atoms with E-state index >= 15 is 0 Å². The molecular formula is C22H23N3O. The Hall–Kier alpha value is -3.14. The Balaban J connectivity index is 1.56. The summed E-state index contributed by atoms with van der Waals surface area (Å²) in [5.41, 5.74) is 3.45. The summed E-state index contributed by atoms with van der Waals surface area (Å²) < 4.78 is 1.80. The second-order valence-electron chi connectivity index (χ2n) is 6.53. The molecular weight excluding hydrogens is 322 g/mol. The molecule has 0 saturated carbocycles. The van der Waals surface area contributed by atoms with Gasteiger partial charge in [0.05, 0.1) is 6.54 Å². The van der Waals surface area contributed by atoms with Gasteiger partial charge in [-0.3, -0.25) is 9.48 Å². The van der Waals surface area contributed by atoms with Gasteiger partial charge in [0.2, 0.25) is 5.91 Å². The highest BCUT2D eigenvalue weighted by molar-refractivity contribution is 6.01. The quantitative estimate of drug-likeness (QED) is 0.658. The standard InChI is InChI=1S/C22H23N3O/c1-17(2)20-11-8-18(9-12-20)10-13-22(26)23-21-14-15-25(24-21)16-19-6-4-3-5-7-19/h3-15,17H,16H2,1-2H3,(H,23,24,26)/b13-10+. The molecule has 1 heterocycles. The van der Waals surface area contributed by atoms with E-state index in [0.717, 1.165) is 5.56 Å². The van der Waals surface area contributed by atoms with Crippen LogP contribution in [-0.2, 0) is 11.3 Å². The van der Waals surface area contributed by atoms with E-state index in [1.165, 1.54) is 17.2 Å². The molecule has 4 nitrogen and oxygen atoms in total. The number of rotatable bonds is 6. The number of aromatic nitrogens is 2. The fourth-order valence-electron chi connectivity index (χ4n) is 2.62. The largest absolute Gasteiger partial charge is 0.306 e. The van der Waals surface area contributed by atoms with Gasteiger partial charge in [0, 0.05) is 18.3 Å². The predicted molar refractivity (Wildman–Crippen MR) is 106 cm³/mol. The van der Waals surface area contributed by atoms with Gasteiger partial charge >= 0.3 is 0 Å². The predicted octanol–water partition coefficient (Wildman–Crippen LogP) is 4.71. The number of nitrogens with one attached hydrogen (secondary N) is 1. The van der Waals surface area contributed by atoms with Gasteiger partial charge in [-0.1, -0.05) is 68.4 Å². The Morgan fingerprint density at radius 2 is 1.81 bits per heavy atom. The van der Waals surface area contributed by atoms with Crippen LogP contribution in [0.3, 0.4) is 0 Å². The van der Waals surface area contributed by atoms with E-state index in [-0.39, 0.29) is 5.91 Å². The molecule has 0 aliphatic rings. The van der Waals surface area contributed by atoms with Crippen molar-refractivity contribution in [1.82, 2.24) is 9.78 Å². The van der Waals surface area contributed by atoms with Crippen molar-refractivity contribution in [2.45, 2.75) is 26.3 Å². The van der Waals surface area contributed by atoms with Gasteiger partial charge in [-0.05, 0) is 28.7 Å². The molecule has 0 fully saturated rings. The zero-order valence-electron chi connectivity index (χ0n) is 15.1. The van der Waals surface area contributed by atoms with E-state index in [4.69, 9.17) is 0 Å². The Morgan fingerprint density at radius 3 is 2.50 bits per heavy atom. The molecule has 0 unspecified atom stereocenters. The van der Waals surface area contributed by atoms with Gasteiger partial charge in [0.15, 0.2) is 5.82 Å². The highest BCUT2D eigenvalue weighted by atomic mass is 16.1. The van der Waals surface area contributed by atoms with Gasteiger partial charge in [0.25, 0.3) is 0 Å². The minimum absolute atomic E-state index is 0.192. The second-order valence-corrected chi connectivity index (χ2v) is 6.53. The third-order valence-electron chi connectivity index (χ3n) is 4.11. The van der Waals surface area contributed by atoms with E-state index in [1.807, 2.05) is 48.7 Å². The molecule has 132 valence electrons. The van der Waals surface area contributed by atoms with Crippen LogP contribution in [0.2, 0.25) is 0 Å². The molecule has 3 aromatic rings. The van der Waals surface area contributed by atoms with Crippen molar-refractivity contribution in [2.24, 2.45) is 0 Å². The lowest BCUT2D eigenvalue weighted by Crippen LogP contribution is -2.09. The zero-order valence-corrected chi connectivity index (χ0v) is 15.1. The average Bonchev–Trinajstić information content (AvgIpc) is 3.08. The molecule has 0 spiro atoms. The lowest BCUT2D eigenvalue weighted by atomic mass is 10.0. The summed E-state index contributed by atoms with van der Waals surface area (Å²) in [5.74, 6) is 0.857. The van der Waals surface area contributed by atoms with E-state index in [0.29, 0.717) is 18.3 Å². The maximum atomic E-state index is 12.1. The van der Waals surface area contributed by atoms with Crippen molar-refractivity contribution in [1.29, 1.82) is 0 Å². The van der Waals surface area contributed by atoms with Crippen LogP contribution in [0.1, 0.15) is 36.5 Å². The molecule has 0 aliphatic heterocycles. The first-order valence-corrected chi connectivity index (χ1v) is 8.76. The van der Waals surface area contributed by atoms with Crippen LogP contribution in [0.25, 0.3) is 6.08 Å². The zero-order chi connectivity index (χ0) is 18.4. The van der Waals surface area contributed by atoms with Gasteiger partial charge in [0.1, 0.15) is 0 Å². The van der Waals surface area contributed by atoms with Crippen molar-refractivity contribution in [3.05, 3.63) is 89.6 Å². The summed E-state index contributed by atoms with van der Waals surface area (Å²) in [5, 5.41) is 7.17. The summed E-state index contributed by atoms with van der Waals surface area (Å²) in [6.07, 6.45) is 5.19. The van der Waals surface area contributed by atoms with Crippen LogP contribution >= 0.6 is 0 Å². The van der Waals surface area contributed by atoms with E-state index < -0.39 is 0 Å². The summed E-state index contributed by atoms with van der Waals surface area (Å²) >= 11 is 0. The summed E-state index contributed by atoms with van der Waals surface area (Å²) in [4.78, 5) is 12.1. The SMILES string of the molecule is CC(C)c1ccc(/C=C/C(=O)Nc2ccn(Cc3ccccc3)n2)cc1. The van der Waals surface area contributed by atoms with Crippen LogP contribution < -0.4 is 5.32 Å². The highest BCUT2D eigenvalue weighted by Gasteiger charge is 2.03. The lowest BCUT2D eigenvalue weighted by molar-refractivity contribution is -0.111. The second kappa shape index (κ2) is 8.30. The maximum Gasteiger partial charge on any atom is 0.249 e. The molecule has 0 bridgehead atoms. The summed E-state index contributed by atoms with van der Waals surface area (Å²) in [6.45, 7) is 5.00. The molecule has 0 atom stereocenters. The number of hydrogen-bond acceptors (Lipinski definition) is 2. The molecule has 3 rings (SSSR count). The first-order chi connectivity index (χ1) is 12.6. The van der Waals surface area contributed by atoms with Crippen molar-refractivity contribution in [2.75, 3.05) is 5.32 Å². The van der Waals surface area contributed by atoms with Crippen LogP contribution in [0, 0.1) is 0 Å². The number of amides is 1. The fourth-order valence-corrected chi connectivity index (χ4v) is 2.62. The molecule has 1 aromatic heterocycles. The first kappa shape index (κ1) is 17.7. The molecule has 1 amide bonds. The van der Waals surface area contributed by atoms with Crippen molar-refractivity contribution < 1.29 is 4.79 Å². The van der Waals surface area contributed by atoms with Crippen molar-refractivity contribution in [3.8, 4) is 0 Å². The Bertz CT molecular complexity index is 877. The van der Waals surface area contributed by atoms with E-state index in [1.54, 1.807) is 16.8 Å². The smallest absolute Gasteiger partial charge is 0.249 e. The number of carbonyl (C=O) groups excluding carboxylic acids is 1. The molecule has 4 heteroatoms. The Morgan fingerprint density at radius 1 is 1.08 bits per heavy atom.